The highest BCUT2D eigenvalue weighted by atomic mass is 16.6. The van der Waals surface area contributed by atoms with Gasteiger partial charge in [0, 0.05) is 25.9 Å². The molecule has 0 aromatic heterocycles. The minimum absolute atomic E-state index is 0.264. The number of rotatable bonds is 6. The number of piperidine rings is 1. The number of benzene rings is 1. The number of carbonyl (C=O) groups excluding carboxylic acids is 2. The maximum absolute atomic E-state index is 12.9. The molecule has 31 heavy (non-hydrogen) atoms. The number of amides is 2. The molecular weight excluding hydrogens is 400 g/mol. The Bertz CT molecular complexity index is 755. The first kappa shape index (κ1) is 22.9. The third-order valence-electron chi connectivity index (χ3n) is 6.50. The molecule has 8 heteroatoms. The highest BCUT2D eigenvalue weighted by Gasteiger charge is 2.41. The Hall–Kier alpha value is -2.77. The molecule has 3 rings (SSSR count). The van der Waals surface area contributed by atoms with Gasteiger partial charge in [-0.15, -0.1) is 0 Å². The van der Waals surface area contributed by atoms with E-state index in [4.69, 9.17) is 9.47 Å². The second-order valence-corrected chi connectivity index (χ2v) is 8.48. The average molecular weight is 433 g/mol. The van der Waals surface area contributed by atoms with Crippen molar-refractivity contribution in [2.45, 2.75) is 63.0 Å². The molecule has 0 unspecified atom stereocenters. The molecule has 170 valence electrons. The standard InChI is InChI=1S/C23H32N2O6/c1-30-20(26)19(16-17-8-4-2-5-9-17)24-21(27)31-23(18-10-6-3-7-11-18)12-14-25(15-13-23)22(28)29/h3,6-7,10-11,17,19H,2,4-5,8-9,12-16H2,1H3,(H,24,27)(H,28,29)/t19-/m0/s1. The Balaban J connectivity index is 1.71. The molecule has 1 aromatic rings. The van der Waals surface area contributed by atoms with Gasteiger partial charge in [-0.1, -0.05) is 62.4 Å². The van der Waals surface area contributed by atoms with E-state index in [1.54, 1.807) is 0 Å². The van der Waals surface area contributed by atoms with Crippen molar-refractivity contribution in [3.8, 4) is 0 Å². The highest BCUT2D eigenvalue weighted by molar-refractivity contribution is 5.81. The topological polar surface area (TPSA) is 105 Å². The van der Waals surface area contributed by atoms with Gasteiger partial charge >= 0.3 is 18.2 Å². The maximum Gasteiger partial charge on any atom is 0.408 e. The molecule has 1 saturated carbocycles. The van der Waals surface area contributed by atoms with Crippen LogP contribution >= 0.6 is 0 Å². The van der Waals surface area contributed by atoms with E-state index in [-0.39, 0.29) is 13.1 Å². The molecule has 0 spiro atoms. The van der Waals surface area contributed by atoms with Crippen LogP contribution in [0.5, 0.6) is 0 Å². The molecule has 1 saturated heterocycles. The van der Waals surface area contributed by atoms with Crippen LogP contribution < -0.4 is 5.32 Å². The molecule has 1 atom stereocenters. The first-order chi connectivity index (χ1) is 14.9. The fraction of sp³-hybridized carbons (Fsp3) is 0.609. The van der Waals surface area contributed by atoms with Crippen LogP contribution in [0.1, 0.15) is 56.9 Å². The lowest BCUT2D eigenvalue weighted by atomic mass is 9.84. The quantitative estimate of drug-likeness (QED) is 0.661. The summed E-state index contributed by atoms with van der Waals surface area (Å²) < 4.78 is 10.8. The summed E-state index contributed by atoms with van der Waals surface area (Å²) in [7, 11) is 1.32. The van der Waals surface area contributed by atoms with E-state index in [1.807, 2.05) is 30.3 Å². The number of carboxylic acid groups (broad SMARTS) is 1. The molecular formula is C23H32N2O6. The zero-order valence-electron chi connectivity index (χ0n) is 18.0. The average Bonchev–Trinajstić information content (AvgIpc) is 2.79. The summed E-state index contributed by atoms with van der Waals surface area (Å²) in [6.07, 6.45) is 5.15. The van der Waals surface area contributed by atoms with Crippen molar-refractivity contribution >= 4 is 18.2 Å². The molecule has 0 bridgehead atoms. The molecule has 1 aliphatic carbocycles. The smallest absolute Gasteiger partial charge is 0.408 e. The summed E-state index contributed by atoms with van der Waals surface area (Å²) in [5.74, 6) is -0.1000. The predicted molar refractivity (Wildman–Crippen MR) is 114 cm³/mol. The number of carbonyl (C=O) groups is 3. The number of hydrogen-bond acceptors (Lipinski definition) is 5. The molecule has 2 aliphatic rings. The SMILES string of the molecule is COC(=O)[C@H](CC1CCCCC1)NC(=O)OC1(c2ccccc2)CCN(C(=O)O)CC1. The number of esters is 1. The fourth-order valence-electron chi connectivity index (χ4n) is 4.71. The van der Waals surface area contributed by atoms with Crippen LogP contribution in [0.25, 0.3) is 0 Å². The Kier molecular flexibility index (Phi) is 7.76. The Morgan fingerprint density at radius 1 is 1.13 bits per heavy atom. The summed E-state index contributed by atoms with van der Waals surface area (Å²) >= 11 is 0. The van der Waals surface area contributed by atoms with E-state index in [0.717, 1.165) is 31.2 Å². The van der Waals surface area contributed by atoms with Crippen LogP contribution in [0.15, 0.2) is 30.3 Å². The summed E-state index contributed by atoms with van der Waals surface area (Å²) in [6.45, 7) is 0.528. The van der Waals surface area contributed by atoms with Gasteiger partial charge in [0.15, 0.2) is 0 Å². The van der Waals surface area contributed by atoms with E-state index in [2.05, 4.69) is 5.32 Å². The van der Waals surface area contributed by atoms with Crippen molar-refractivity contribution in [1.82, 2.24) is 10.2 Å². The van der Waals surface area contributed by atoms with E-state index in [9.17, 15) is 19.5 Å². The lowest BCUT2D eigenvalue weighted by Crippen LogP contribution is -2.50. The minimum atomic E-state index is -0.982. The van der Waals surface area contributed by atoms with Crippen LogP contribution in [-0.4, -0.2) is 54.4 Å². The van der Waals surface area contributed by atoms with Gasteiger partial charge in [0.2, 0.25) is 0 Å². The monoisotopic (exact) mass is 432 g/mol. The van der Waals surface area contributed by atoms with E-state index in [1.165, 1.54) is 18.4 Å². The Morgan fingerprint density at radius 3 is 2.35 bits per heavy atom. The van der Waals surface area contributed by atoms with E-state index >= 15 is 0 Å². The van der Waals surface area contributed by atoms with Crippen molar-refractivity contribution in [3.63, 3.8) is 0 Å². The van der Waals surface area contributed by atoms with E-state index < -0.39 is 29.8 Å². The summed E-state index contributed by atoms with van der Waals surface area (Å²) in [5.41, 5.74) is -0.125. The zero-order valence-corrected chi connectivity index (χ0v) is 18.0. The second-order valence-electron chi connectivity index (χ2n) is 8.48. The second kappa shape index (κ2) is 10.5. The Morgan fingerprint density at radius 2 is 1.77 bits per heavy atom. The van der Waals surface area contributed by atoms with Gasteiger partial charge in [-0.05, 0) is 17.9 Å². The number of methoxy groups -OCH3 is 1. The van der Waals surface area contributed by atoms with Gasteiger partial charge in [0.1, 0.15) is 11.6 Å². The first-order valence-electron chi connectivity index (χ1n) is 11.0. The van der Waals surface area contributed by atoms with Gasteiger partial charge in [-0.25, -0.2) is 14.4 Å². The van der Waals surface area contributed by atoms with Crippen molar-refractivity contribution in [2.75, 3.05) is 20.2 Å². The van der Waals surface area contributed by atoms with Crippen molar-refractivity contribution < 1.29 is 29.0 Å². The van der Waals surface area contributed by atoms with Crippen molar-refractivity contribution in [2.24, 2.45) is 5.92 Å². The molecule has 1 heterocycles. The number of ether oxygens (including phenoxy) is 2. The lowest BCUT2D eigenvalue weighted by molar-refractivity contribution is -0.143. The number of alkyl carbamates (subject to hydrolysis) is 1. The zero-order chi connectivity index (χ0) is 22.3. The molecule has 0 radical (unpaired) electrons. The van der Waals surface area contributed by atoms with Crippen molar-refractivity contribution in [1.29, 1.82) is 0 Å². The predicted octanol–water partition coefficient (Wildman–Crippen LogP) is 3.89. The summed E-state index contributed by atoms with van der Waals surface area (Å²) in [4.78, 5) is 37.9. The number of hydrogen-bond donors (Lipinski definition) is 2. The largest absolute Gasteiger partial charge is 0.467 e. The molecule has 2 amide bonds. The van der Waals surface area contributed by atoms with E-state index in [0.29, 0.717) is 25.2 Å². The Labute approximate surface area is 182 Å². The van der Waals surface area contributed by atoms with Gasteiger partial charge < -0.3 is 24.8 Å². The first-order valence-corrected chi connectivity index (χ1v) is 11.0. The number of nitrogens with zero attached hydrogens (tertiary/aromatic N) is 1. The number of nitrogens with one attached hydrogen (secondary N) is 1. The molecule has 2 N–H and O–H groups in total. The van der Waals surface area contributed by atoms with Gasteiger partial charge in [0.25, 0.3) is 0 Å². The van der Waals surface area contributed by atoms with Crippen LogP contribution in [0, 0.1) is 5.92 Å². The fourth-order valence-corrected chi connectivity index (χ4v) is 4.71. The minimum Gasteiger partial charge on any atom is -0.467 e. The van der Waals surface area contributed by atoms with Gasteiger partial charge in [-0.3, -0.25) is 0 Å². The van der Waals surface area contributed by atoms with Crippen molar-refractivity contribution in [3.05, 3.63) is 35.9 Å². The van der Waals surface area contributed by atoms with Crippen LogP contribution in [-0.2, 0) is 19.9 Å². The molecule has 1 aliphatic heterocycles. The summed E-state index contributed by atoms with van der Waals surface area (Å²) in [6, 6.07) is 8.60. The normalized spacial score (nSPS) is 19.8. The van der Waals surface area contributed by atoms with Crippen LogP contribution in [0.2, 0.25) is 0 Å². The third kappa shape index (κ3) is 5.89. The summed E-state index contributed by atoms with van der Waals surface area (Å²) in [5, 5.41) is 12.0. The molecule has 8 nitrogen and oxygen atoms in total. The number of likely N-dealkylation sites (tertiary alicyclic amines) is 1. The van der Waals surface area contributed by atoms with Crippen LogP contribution in [0.3, 0.4) is 0 Å². The lowest BCUT2D eigenvalue weighted by Gasteiger charge is -2.40. The maximum atomic E-state index is 12.9. The highest BCUT2D eigenvalue weighted by Crippen LogP contribution is 2.37. The van der Waals surface area contributed by atoms with Crippen LogP contribution in [0.4, 0.5) is 9.59 Å². The van der Waals surface area contributed by atoms with Gasteiger partial charge in [-0.2, -0.15) is 0 Å². The van der Waals surface area contributed by atoms with Gasteiger partial charge in [0.05, 0.1) is 7.11 Å². The third-order valence-corrected chi connectivity index (χ3v) is 6.50. The molecule has 1 aromatic carbocycles. The molecule has 2 fully saturated rings.